The number of piperidine rings is 1. The summed E-state index contributed by atoms with van der Waals surface area (Å²) in [6.45, 7) is 14.6. The lowest BCUT2D eigenvalue weighted by Gasteiger charge is -2.47. The number of amides is 1. The van der Waals surface area contributed by atoms with Crippen molar-refractivity contribution in [1.29, 1.82) is 0 Å². The molecule has 36 heavy (non-hydrogen) atoms. The second kappa shape index (κ2) is 14.9. The Balaban J connectivity index is 1.17. The molecule has 8 nitrogen and oxygen atoms in total. The minimum Gasteiger partial charge on any atom is -0.444 e. The van der Waals surface area contributed by atoms with Gasteiger partial charge in [0.05, 0.1) is 45.2 Å². The Labute approximate surface area is 217 Å². The van der Waals surface area contributed by atoms with Crippen molar-refractivity contribution in [2.45, 2.75) is 64.3 Å². The van der Waals surface area contributed by atoms with E-state index in [1.807, 2.05) is 43.9 Å². The van der Waals surface area contributed by atoms with E-state index in [4.69, 9.17) is 23.7 Å². The van der Waals surface area contributed by atoms with E-state index in [-0.39, 0.29) is 11.7 Å². The van der Waals surface area contributed by atoms with Crippen LogP contribution in [0.15, 0.2) is 30.3 Å². The highest BCUT2D eigenvalue weighted by molar-refractivity contribution is 5.68. The second-order valence-corrected chi connectivity index (χ2v) is 10.7. The van der Waals surface area contributed by atoms with Crippen molar-refractivity contribution in [2.75, 3.05) is 72.4 Å². The van der Waals surface area contributed by atoms with E-state index >= 15 is 0 Å². The summed E-state index contributed by atoms with van der Waals surface area (Å²) >= 11 is 0. The number of morpholine rings is 1. The molecule has 0 radical (unpaired) electrons. The van der Waals surface area contributed by atoms with Crippen LogP contribution in [0.25, 0.3) is 0 Å². The molecule has 0 aliphatic carbocycles. The number of nitrogens with zero attached hydrogens (tertiary/aromatic N) is 2. The van der Waals surface area contributed by atoms with E-state index < -0.39 is 5.60 Å². The SMILES string of the molecule is CC(C)(C)OC(=O)N1CCC2(CC1)CN(CCCCOCCOCCOCc1ccccc1)CCO2. The smallest absolute Gasteiger partial charge is 0.410 e. The summed E-state index contributed by atoms with van der Waals surface area (Å²) in [7, 11) is 0. The third-order valence-corrected chi connectivity index (χ3v) is 6.52. The number of unbranched alkanes of at least 4 members (excludes halogenated alkanes) is 1. The first-order valence-electron chi connectivity index (χ1n) is 13.5. The summed E-state index contributed by atoms with van der Waals surface area (Å²) in [5.74, 6) is 0. The van der Waals surface area contributed by atoms with Crippen LogP contribution in [0.1, 0.15) is 52.0 Å². The fourth-order valence-corrected chi connectivity index (χ4v) is 4.58. The van der Waals surface area contributed by atoms with Crippen molar-refractivity contribution in [2.24, 2.45) is 0 Å². The van der Waals surface area contributed by atoms with Crippen LogP contribution in [0.2, 0.25) is 0 Å². The van der Waals surface area contributed by atoms with E-state index in [0.717, 1.165) is 58.5 Å². The van der Waals surface area contributed by atoms with Gasteiger partial charge >= 0.3 is 6.09 Å². The largest absolute Gasteiger partial charge is 0.444 e. The molecule has 3 rings (SSSR count). The van der Waals surface area contributed by atoms with Gasteiger partial charge in [0.25, 0.3) is 0 Å². The summed E-state index contributed by atoms with van der Waals surface area (Å²) in [4.78, 5) is 16.7. The minimum absolute atomic E-state index is 0.130. The first-order valence-corrected chi connectivity index (χ1v) is 13.5. The van der Waals surface area contributed by atoms with Crippen LogP contribution in [0, 0.1) is 0 Å². The zero-order valence-corrected chi connectivity index (χ0v) is 22.5. The topological polar surface area (TPSA) is 69.7 Å². The van der Waals surface area contributed by atoms with Crippen LogP contribution in [0.3, 0.4) is 0 Å². The molecule has 1 aromatic carbocycles. The molecule has 0 unspecified atom stereocenters. The Kier molecular flexibility index (Phi) is 11.9. The highest BCUT2D eigenvalue weighted by atomic mass is 16.6. The molecule has 1 spiro atoms. The Hall–Kier alpha value is -1.71. The van der Waals surface area contributed by atoms with Gasteiger partial charge in [-0.15, -0.1) is 0 Å². The average Bonchev–Trinajstić information content (AvgIpc) is 2.85. The lowest BCUT2D eigenvalue weighted by Crippen LogP contribution is -2.57. The predicted octanol–water partition coefficient (Wildman–Crippen LogP) is 4.12. The van der Waals surface area contributed by atoms with Gasteiger partial charge < -0.3 is 28.6 Å². The van der Waals surface area contributed by atoms with Crippen LogP contribution < -0.4 is 0 Å². The zero-order chi connectivity index (χ0) is 25.7. The number of hydrogen-bond donors (Lipinski definition) is 0. The number of likely N-dealkylation sites (tertiary alicyclic amines) is 1. The molecule has 204 valence electrons. The Morgan fingerprint density at radius 3 is 2.28 bits per heavy atom. The molecule has 2 heterocycles. The summed E-state index contributed by atoms with van der Waals surface area (Å²) in [5.41, 5.74) is 0.588. The van der Waals surface area contributed by atoms with Crippen molar-refractivity contribution in [1.82, 2.24) is 9.80 Å². The maximum atomic E-state index is 12.4. The summed E-state index contributed by atoms with van der Waals surface area (Å²) in [5, 5.41) is 0. The zero-order valence-electron chi connectivity index (χ0n) is 22.5. The fourth-order valence-electron chi connectivity index (χ4n) is 4.58. The lowest BCUT2D eigenvalue weighted by molar-refractivity contribution is -0.134. The second-order valence-electron chi connectivity index (χ2n) is 10.7. The maximum absolute atomic E-state index is 12.4. The molecule has 0 saturated carbocycles. The number of ether oxygens (including phenoxy) is 5. The third-order valence-electron chi connectivity index (χ3n) is 6.52. The molecule has 0 atom stereocenters. The van der Waals surface area contributed by atoms with E-state index in [2.05, 4.69) is 17.0 Å². The summed E-state index contributed by atoms with van der Waals surface area (Å²) < 4.78 is 28.7. The highest BCUT2D eigenvalue weighted by Crippen LogP contribution is 2.31. The highest BCUT2D eigenvalue weighted by Gasteiger charge is 2.41. The van der Waals surface area contributed by atoms with Gasteiger partial charge in [-0.25, -0.2) is 4.79 Å². The monoisotopic (exact) mass is 506 g/mol. The van der Waals surface area contributed by atoms with Crippen LogP contribution in [0.4, 0.5) is 4.79 Å². The van der Waals surface area contributed by atoms with Crippen molar-refractivity contribution in [3.8, 4) is 0 Å². The summed E-state index contributed by atoms with van der Waals surface area (Å²) in [6, 6.07) is 10.2. The predicted molar refractivity (Wildman–Crippen MR) is 139 cm³/mol. The van der Waals surface area contributed by atoms with E-state index in [1.165, 1.54) is 5.56 Å². The van der Waals surface area contributed by atoms with Crippen LogP contribution in [0.5, 0.6) is 0 Å². The molecule has 0 aromatic heterocycles. The molecule has 2 aliphatic rings. The van der Waals surface area contributed by atoms with Gasteiger partial charge in [-0.2, -0.15) is 0 Å². The average molecular weight is 507 g/mol. The molecule has 0 bridgehead atoms. The van der Waals surface area contributed by atoms with Gasteiger partial charge in [0.15, 0.2) is 0 Å². The van der Waals surface area contributed by atoms with Gasteiger partial charge in [-0.05, 0) is 58.6 Å². The molecule has 1 amide bonds. The number of hydrogen-bond acceptors (Lipinski definition) is 7. The molecule has 2 aliphatic heterocycles. The number of carbonyl (C=O) groups excluding carboxylic acids is 1. The number of carbonyl (C=O) groups is 1. The molecule has 2 fully saturated rings. The third kappa shape index (κ3) is 10.7. The molecule has 8 heteroatoms. The van der Waals surface area contributed by atoms with Crippen molar-refractivity contribution in [3.63, 3.8) is 0 Å². The fraction of sp³-hybridized carbons (Fsp3) is 0.750. The minimum atomic E-state index is -0.460. The van der Waals surface area contributed by atoms with Crippen molar-refractivity contribution < 1.29 is 28.5 Å². The lowest BCUT2D eigenvalue weighted by atomic mass is 9.89. The Morgan fingerprint density at radius 2 is 1.58 bits per heavy atom. The van der Waals surface area contributed by atoms with Crippen LogP contribution in [-0.2, 0) is 30.3 Å². The van der Waals surface area contributed by atoms with Crippen molar-refractivity contribution >= 4 is 6.09 Å². The normalized spacial score (nSPS) is 18.5. The van der Waals surface area contributed by atoms with Gasteiger partial charge in [0.2, 0.25) is 0 Å². The standard InChI is InChI=1S/C28H46N2O6/c1-27(2,3)36-26(31)30-14-11-28(12-15-30)24-29(16-18-35-28)13-7-8-17-32-19-20-33-21-22-34-23-25-9-5-4-6-10-25/h4-6,9-10H,7-8,11-24H2,1-3H3. The van der Waals surface area contributed by atoms with Crippen molar-refractivity contribution in [3.05, 3.63) is 35.9 Å². The van der Waals surface area contributed by atoms with Crippen LogP contribution in [-0.4, -0.2) is 99.5 Å². The number of rotatable bonds is 13. The van der Waals surface area contributed by atoms with Gasteiger partial charge in [-0.3, -0.25) is 4.90 Å². The van der Waals surface area contributed by atoms with Crippen LogP contribution >= 0.6 is 0 Å². The van der Waals surface area contributed by atoms with Gasteiger partial charge in [0, 0.05) is 32.8 Å². The first-order chi connectivity index (χ1) is 17.4. The molecule has 1 aromatic rings. The first kappa shape index (κ1) is 28.9. The van der Waals surface area contributed by atoms with E-state index in [9.17, 15) is 4.79 Å². The molecule has 0 N–H and O–H groups in total. The van der Waals surface area contributed by atoms with E-state index in [1.54, 1.807) is 0 Å². The molecular weight excluding hydrogens is 460 g/mol. The number of benzene rings is 1. The van der Waals surface area contributed by atoms with E-state index in [0.29, 0.717) is 46.1 Å². The maximum Gasteiger partial charge on any atom is 0.410 e. The summed E-state index contributed by atoms with van der Waals surface area (Å²) in [6.07, 6.45) is 3.66. The van der Waals surface area contributed by atoms with Gasteiger partial charge in [0.1, 0.15) is 5.60 Å². The molecular formula is C28H46N2O6. The molecule has 2 saturated heterocycles. The Morgan fingerprint density at radius 1 is 0.917 bits per heavy atom. The quantitative estimate of drug-likeness (QED) is 0.373. The Bertz CT molecular complexity index is 746. The van der Waals surface area contributed by atoms with Gasteiger partial charge in [-0.1, -0.05) is 30.3 Å².